The van der Waals surface area contributed by atoms with Gasteiger partial charge in [0.05, 0.1) is 10.0 Å². The number of piperazine rings is 1. The molecule has 26 heavy (non-hydrogen) atoms. The van der Waals surface area contributed by atoms with Crippen LogP contribution in [0.5, 0.6) is 5.75 Å². The summed E-state index contributed by atoms with van der Waals surface area (Å²) >= 11 is 12.1. The van der Waals surface area contributed by atoms with Crippen molar-refractivity contribution in [3.05, 3.63) is 52.4 Å². The van der Waals surface area contributed by atoms with E-state index in [1.54, 1.807) is 36.2 Å². The fourth-order valence-electron chi connectivity index (χ4n) is 2.83. The molecule has 0 aliphatic carbocycles. The molecule has 1 aromatic carbocycles. The van der Waals surface area contributed by atoms with Gasteiger partial charge < -0.3 is 14.5 Å². The topological polar surface area (TPSA) is 45.7 Å². The highest BCUT2D eigenvalue weighted by atomic mass is 35.5. The van der Waals surface area contributed by atoms with Crippen molar-refractivity contribution in [2.75, 3.05) is 31.1 Å². The lowest BCUT2D eigenvalue weighted by molar-refractivity contribution is -0.138. The number of nitrogens with zero attached hydrogens (tertiary/aromatic N) is 3. The van der Waals surface area contributed by atoms with Crippen LogP contribution < -0.4 is 9.64 Å². The third kappa shape index (κ3) is 4.37. The number of amides is 1. The highest BCUT2D eigenvalue weighted by molar-refractivity contribution is 6.36. The number of pyridine rings is 1. The summed E-state index contributed by atoms with van der Waals surface area (Å²) in [4.78, 5) is 20.6. The Kier molecular flexibility index (Phi) is 5.84. The monoisotopic (exact) mass is 397 g/mol. The molecule has 0 radical (unpaired) electrons. The van der Waals surface area contributed by atoms with Crippen LogP contribution in [0.1, 0.15) is 6.92 Å². The summed E-state index contributed by atoms with van der Waals surface area (Å²) in [6.07, 6.45) is 0.857. The number of aromatic nitrogens is 1. The average molecular weight is 398 g/mol. The van der Waals surface area contributed by atoms with Crippen molar-refractivity contribution < 1.29 is 13.9 Å². The second-order valence-corrected chi connectivity index (χ2v) is 6.83. The maximum atomic E-state index is 13.2. The molecule has 2 heterocycles. The summed E-state index contributed by atoms with van der Waals surface area (Å²) in [5.74, 6) is 0.459. The minimum absolute atomic E-state index is 0.135. The molecule has 0 saturated carbocycles. The van der Waals surface area contributed by atoms with Gasteiger partial charge in [-0.25, -0.2) is 9.37 Å². The zero-order valence-electron chi connectivity index (χ0n) is 14.2. The molecule has 8 heteroatoms. The second kappa shape index (κ2) is 8.10. The minimum atomic E-state index is -0.694. The first-order chi connectivity index (χ1) is 12.4. The molecule has 3 rings (SSSR count). The molecule has 1 aliphatic heterocycles. The number of hydrogen-bond donors (Lipinski definition) is 0. The number of carbonyl (C=O) groups is 1. The molecule has 1 amide bonds. The van der Waals surface area contributed by atoms with E-state index in [4.69, 9.17) is 27.9 Å². The van der Waals surface area contributed by atoms with Crippen LogP contribution in [0.25, 0.3) is 0 Å². The minimum Gasteiger partial charge on any atom is -0.481 e. The fourth-order valence-corrected chi connectivity index (χ4v) is 3.33. The Morgan fingerprint density at radius 1 is 1.23 bits per heavy atom. The van der Waals surface area contributed by atoms with Gasteiger partial charge in [-0.05, 0) is 25.1 Å². The largest absolute Gasteiger partial charge is 0.481 e. The van der Waals surface area contributed by atoms with Crippen molar-refractivity contribution in [2.24, 2.45) is 0 Å². The molecular formula is C18H18Cl2FN3O2. The first-order valence-corrected chi connectivity index (χ1v) is 8.96. The van der Waals surface area contributed by atoms with Gasteiger partial charge in [0.2, 0.25) is 0 Å². The maximum Gasteiger partial charge on any atom is 0.263 e. The van der Waals surface area contributed by atoms with Crippen LogP contribution in [0.2, 0.25) is 10.0 Å². The Hall–Kier alpha value is -2.05. The van der Waals surface area contributed by atoms with Crippen molar-refractivity contribution in [2.45, 2.75) is 13.0 Å². The van der Waals surface area contributed by atoms with E-state index in [1.807, 2.05) is 4.90 Å². The first-order valence-electron chi connectivity index (χ1n) is 8.21. The van der Waals surface area contributed by atoms with E-state index in [1.165, 1.54) is 12.1 Å². The summed E-state index contributed by atoms with van der Waals surface area (Å²) in [7, 11) is 0. The molecule has 1 atom stereocenters. The molecule has 2 aromatic rings. The Morgan fingerprint density at radius 3 is 2.62 bits per heavy atom. The van der Waals surface area contributed by atoms with Crippen LogP contribution in [-0.4, -0.2) is 48.1 Å². The Labute approximate surface area is 161 Å². The van der Waals surface area contributed by atoms with Crippen molar-refractivity contribution in [1.29, 1.82) is 0 Å². The summed E-state index contributed by atoms with van der Waals surface area (Å²) in [6, 6.07) is 7.41. The number of hydrogen-bond acceptors (Lipinski definition) is 4. The summed E-state index contributed by atoms with van der Waals surface area (Å²) in [6.45, 7) is 3.92. The van der Waals surface area contributed by atoms with Crippen LogP contribution >= 0.6 is 23.2 Å². The highest BCUT2D eigenvalue weighted by Gasteiger charge is 2.27. The lowest BCUT2D eigenvalue weighted by atomic mass is 10.2. The van der Waals surface area contributed by atoms with Crippen molar-refractivity contribution in [1.82, 2.24) is 9.88 Å². The van der Waals surface area contributed by atoms with Gasteiger partial charge in [-0.3, -0.25) is 4.79 Å². The average Bonchev–Trinajstić information content (AvgIpc) is 2.61. The van der Waals surface area contributed by atoms with Gasteiger partial charge in [0.1, 0.15) is 17.4 Å². The predicted molar refractivity (Wildman–Crippen MR) is 99.5 cm³/mol. The molecule has 0 spiro atoms. The van der Waals surface area contributed by atoms with E-state index in [0.29, 0.717) is 47.8 Å². The van der Waals surface area contributed by atoms with Crippen LogP contribution in [0, 0.1) is 5.82 Å². The third-order valence-corrected chi connectivity index (χ3v) is 4.62. The van der Waals surface area contributed by atoms with E-state index in [-0.39, 0.29) is 5.91 Å². The van der Waals surface area contributed by atoms with Crippen molar-refractivity contribution >= 4 is 34.9 Å². The lowest BCUT2D eigenvalue weighted by Gasteiger charge is -2.36. The lowest BCUT2D eigenvalue weighted by Crippen LogP contribution is -2.52. The number of anilines is 1. The quantitative estimate of drug-likeness (QED) is 0.789. The van der Waals surface area contributed by atoms with E-state index >= 15 is 0 Å². The zero-order chi connectivity index (χ0) is 18.7. The smallest absolute Gasteiger partial charge is 0.263 e. The van der Waals surface area contributed by atoms with Crippen molar-refractivity contribution in [3.63, 3.8) is 0 Å². The normalized spacial score (nSPS) is 15.7. The summed E-state index contributed by atoms with van der Waals surface area (Å²) in [5, 5.41) is 0.968. The van der Waals surface area contributed by atoms with Gasteiger partial charge in [-0.1, -0.05) is 29.3 Å². The second-order valence-electron chi connectivity index (χ2n) is 5.99. The summed E-state index contributed by atoms with van der Waals surface area (Å²) in [5.41, 5.74) is 0. The Bertz CT molecular complexity index is 798. The molecular weight excluding hydrogens is 380 g/mol. The van der Waals surface area contributed by atoms with Gasteiger partial charge in [-0.2, -0.15) is 0 Å². The molecule has 1 aliphatic rings. The van der Waals surface area contributed by atoms with E-state index in [0.717, 1.165) is 0 Å². The van der Waals surface area contributed by atoms with Gasteiger partial charge in [0.25, 0.3) is 5.91 Å². The van der Waals surface area contributed by atoms with E-state index in [2.05, 4.69) is 4.98 Å². The van der Waals surface area contributed by atoms with Crippen LogP contribution in [0.4, 0.5) is 10.2 Å². The van der Waals surface area contributed by atoms with Crippen LogP contribution in [0.15, 0.2) is 36.5 Å². The van der Waals surface area contributed by atoms with Crippen LogP contribution in [-0.2, 0) is 4.79 Å². The van der Waals surface area contributed by atoms with E-state index in [9.17, 15) is 9.18 Å². The number of ether oxygens (including phenoxy) is 1. The molecule has 1 unspecified atom stereocenters. The molecule has 5 nitrogen and oxygen atoms in total. The van der Waals surface area contributed by atoms with Crippen LogP contribution in [0.3, 0.4) is 0 Å². The maximum absolute atomic E-state index is 13.2. The number of carbonyl (C=O) groups excluding carboxylic acids is 1. The van der Waals surface area contributed by atoms with Crippen molar-refractivity contribution in [3.8, 4) is 5.75 Å². The highest BCUT2D eigenvalue weighted by Crippen LogP contribution is 2.27. The SMILES string of the molecule is CC(Oc1cccc(F)c1)C(=O)N1CCN(c2ncc(Cl)cc2Cl)CC1. The first kappa shape index (κ1) is 18.7. The van der Waals surface area contributed by atoms with E-state index < -0.39 is 11.9 Å². The number of benzene rings is 1. The predicted octanol–water partition coefficient (Wildman–Crippen LogP) is 3.64. The number of halogens is 3. The standard InChI is InChI=1S/C18H18Cl2FN3O2/c1-12(26-15-4-2-3-14(21)10-15)18(25)24-7-5-23(6-8-24)17-16(20)9-13(19)11-22-17/h2-4,9-12H,5-8H2,1H3. The third-order valence-electron chi connectivity index (χ3n) is 4.14. The van der Waals surface area contributed by atoms with Gasteiger partial charge in [-0.15, -0.1) is 0 Å². The molecule has 1 fully saturated rings. The molecule has 138 valence electrons. The Balaban J connectivity index is 1.57. The number of rotatable bonds is 4. The van der Waals surface area contributed by atoms with Gasteiger partial charge in [0.15, 0.2) is 6.10 Å². The molecule has 0 bridgehead atoms. The summed E-state index contributed by atoms with van der Waals surface area (Å²) < 4.78 is 18.8. The molecule has 1 saturated heterocycles. The zero-order valence-corrected chi connectivity index (χ0v) is 15.7. The van der Waals surface area contributed by atoms with Gasteiger partial charge in [0, 0.05) is 38.4 Å². The fraction of sp³-hybridized carbons (Fsp3) is 0.333. The molecule has 0 N–H and O–H groups in total. The molecule has 1 aromatic heterocycles. The van der Waals surface area contributed by atoms with Gasteiger partial charge >= 0.3 is 0 Å². The Morgan fingerprint density at radius 2 is 1.96 bits per heavy atom.